The van der Waals surface area contributed by atoms with Crippen LogP contribution in [0.3, 0.4) is 0 Å². The zero-order valence-electron chi connectivity index (χ0n) is 11.1. The van der Waals surface area contributed by atoms with Crippen LogP contribution in [0.1, 0.15) is 12.0 Å². The van der Waals surface area contributed by atoms with Gasteiger partial charge in [0.1, 0.15) is 0 Å². The number of ether oxygens (including phenoxy) is 2. The highest BCUT2D eigenvalue weighted by atomic mass is 35.5. The van der Waals surface area contributed by atoms with Crippen LogP contribution < -0.4 is 9.47 Å². The predicted octanol–water partition coefficient (Wildman–Crippen LogP) is 1.04. The number of aliphatic hydroxyl groups is 2. The lowest BCUT2D eigenvalue weighted by atomic mass is 10.2. The average Bonchev–Trinajstić information content (AvgIpc) is 2.62. The maximum atomic E-state index is 9.57. The summed E-state index contributed by atoms with van der Waals surface area (Å²) in [4.78, 5) is 1.99. The van der Waals surface area contributed by atoms with Gasteiger partial charge in [0.2, 0.25) is 0 Å². The number of aliphatic hydroxyl groups excluding tert-OH is 2. The van der Waals surface area contributed by atoms with Crippen LogP contribution in [0.2, 0.25) is 5.02 Å². The summed E-state index contributed by atoms with van der Waals surface area (Å²) < 4.78 is 11.2. The first-order valence-corrected chi connectivity index (χ1v) is 7.18. The molecular weight excluding hydrogens is 282 g/mol. The molecule has 5 nitrogen and oxygen atoms in total. The van der Waals surface area contributed by atoms with Crippen molar-refractivity contribution >= 4 is 11.6 Å². The van der Waals surface area contributed by atoms with Crippen LogP contribution >= 0.6 is 11.6 Å². The van der Waals surface area contributed by atoms with E-state index in [1.807, 2.05) is 17.0 Å². The minimum absolute atomic E-state index is 0.466. The average molecular weight is 300 g/mol. The van der Waals surface area contributed by atoms with E-state index in [1.54, 1.807) is 0 Å². The number of benzene rings is 1. The largest absolute Gasteiger partial charge is 0.489 e. The van der Waals surface area contributed by atoms with Crippen molar-refractivity contribution in [3.63, 3.8) is 0 Å². The zero-order valence-corrected chi connectivity index (χ0v) is 11.8. The molecule has 0 aromatic heterocycles. The highest BCUT2D eigenvalue weighted by Gasteiger charge is 2.29. The van der Waals surface area contributed by atoms with Gasteiger partial charge in [-0.1, -0.05) is 11.6 Å². The highest BCUT2D eigenvalue weighted by Crippen LogP contribution is 2.38. The molecule has 1 saturated heterocycles. The maximum absolute atomic E-state index is 9.57. The molecule has 20 heavy (non-hydrogen) atoms. The van der Waals surface area contributed by atoms with Crippen molar-refractivity contribution in [2.75, 3.05) is 26.3 Å². The van der Waals surface area contributed by atoms with Gasteiger partial charge in [-0.3, -0.25) is 4.90 Å². The van der Waals surface area contributed by atoms with Crippen LogP contribution in [-0.4, -0.2) is 53.6 Å². The zero-order chi connectivity index (χ0) is 14.1. The number of halogens is 1. The van der Waals surface area contributed by atoms with Gasteiger partial charge in [-0.15, -0.1) is 0 Å². The van der Waals surface area contributed by atoms with Crippen molar-refractivity contribution in [2.45, 2.75) is 25.2 Å². The van der Waals surface area contributed by atoms with E-state index in [0.29, 0.717) is 49.4 Å². The summed E-state index contributed by atoms with van der Waals surface area (Å²) in [5.74, 6) is 1.28. The summed E-state index contributed by atoms with van der Waals surface area (Å²) in [6.45, 7) is 2.77. The van der Waals surface area contributed by atoms with Crippen molar-refractivity contribution in [3.05, 3.63) is 22.7 Å². The summed E-state index contributed by atoms with van der Waals surface area (Å²) in [6.07, 6.45) is -0.512. The summed E-state index contributed by atoms with van der Waals surface area (Å²) in [5, 5.41) is 19.7. The van der Waals surface area contributed by atoms with E-state index < -0.39 is 12.2 Å². The molecule has 110 valence electrons. The SMILES string of the molecule is OC1CN(Cc2cc(Cl)c3c(c2)OCCCO3)CC1O. The lowest BCUT2D eigenvalue weighted by Gasteiger charge is -2.17. The molecule has 1 aromatic rings. The Morgan fingerprint density at radius 2 is 1.85 bits per heavy atom. The standard InChI is InChI=1S/C14H18ClNO4/c15-10-4-9(6-16-7-11(17)12(18)8-16)5-13-14(10)20-3-1-2-19-13/h4-5,11-12,17-18H,1-3,6-8H2. The molecule has 6 heteroatoms. The van der Waals surface area contributed by atoms with Crippen LogP contribution in [-0.2, 0) is 6.54 Å². The molecule has 1 fully saturated rings. The Morgan fingerprint density at radius 3 is 2.60 bits per heavy atom. The Kier molecular flexibility index (Phi) is 4.03. The summed E-state index contributed by atoms with van der Waals surface area (Å²) >= 11 is 6.24. The third kappa shape index (κ3) is 2.86. The van der Waals surface area contributed by atoms with Crippen LogP contribution in [0, 0.1) is 0 Å². The first kappa shape index (κ1) is 13.9. The Balaban J connectivity index is 1.77. The van der Waals surface area contributed by atoms with Crippen LogP contribution in [0.25, 0.3) is 0 Å². The first-order chi connectivity index (χ1) is 9.63. The van der Waals surface area contributed by atoms with Crippen molar-refractivity contribution < 1.29 is 19.7 Å². The van der Waals surface area contributed by atoms with Gasteiger partial charge in [0.25, 0.3) is 0 Å². The van der Waals surface area contributed by atoms with Crippen molar-refractivity contribution in [1.29, 1.82) is 0 Å². The van der Waals surface area contributed by atoms with Gasteiger partial charge in [0.15, 0.2) is 11.5 Å². The quantitative estimate of drug-likeness (QED) is 0.854. The van der Waals surface area contributed by atoms with E-state index in [4.69, 9.17) is 21.1 Å². The molecule has 0 aliphatic carbocycles. The molecule has 3 rings (SSSR count). The molecule has 2 heterocycles. The van der Waals surface area contributed by atoms with Gasteiger partial charge < -0.3 is 19.7 Å². The Hall–Kier alpha value is -1.01. The van der Waals surface area contributed by atoms with Crippen LogP contribution in [0.5, 0.6) is 11.5 Å². The Morgan fingerprint density at radius 1 is 1.15 bits per heavy atom. The van der Waals surface area contributed by atoms with E-state index in [-0.39, 0.29) is 0 Å². The van der Waals surface area contributed by atoms with E-state index >= 15 is 0 Å². The third-order valence-electron chi connectivity index (χ3n) is 3.60. The number of β-amino-alcohol motifs (C(OH)–C–C–N with tert-alkyl or cyclic N) is 2. The van der Waals surface area contributed by atoms with Crippen molar-refractivity contribution in [3.8, 4) is 11.5 Å². The number of hydrogen-bond acceptors (Lipinski definition) is 5. The van der Waals surface area contributed by atoms with Gasteiger partial charge in [0.05, 0.1) is 30.4 Å². The fourth-order valence-electron chi connectivity index (χ4n) is 2.61. The monoisotopic (exact) mass is 299 g/mol. The topological polar surface area (TPSA) is 62.2 Å². The summed E-state index contributed by atoms with van der Waals surface area (Å²) in [6, 6.07) is 3.77. The molecule has 2 aliphatic heterocycles. The lowest BCUT2D eigenvalue weighted by Crippen LogP contribution is -2.22. The number of nitrogens with zero attached hydrogens (tertiary/aromatic N) is 1. The van der Waals surface area contributed by atoms with Crippen LogP contribution in [0.4, 0.5) is 0 Å². The molecule has 0 saturated carbocycles. The predicted molar refractivity (Wildman–Crippen MR) is 74.3 cm³/mol. The van der Waals surface area contributed by atoms with Gasteiger partial charge in [-0.25, -0.2) is 0 Å². The number of fused-ring (bicyclic) bond motifs is 1. The first-order valence-electron chi connectivity index (χ1n) is 6.80. The molecule has 0 radical (unpaired) electrons. The normalized spacial score (nSPS) is 26.6. The number of likely N-dealkylation sites (tertiary alicyclic amines) is 1. The fourth-order valence-corrected chi connectivity index (χ4v) is 2.90. The maximum Gasteiger partial charge on any atom is 0.179 e. The van der Waals surface area contributed by atoms with Crippen molar-refractivity contribution in [2.24, 2.45) is 0 Å². The molecule has 0 amide bonds. The second-order valence-corrected chi connectivity index (χ2v) is 5.69. The van der Waals surface area contributed by atoms with Gasteiger partial charge in [0, 0.05) is 26.1 Å². The smallest absolute Gasteiger partial charge is 0.179 e. The van der Waals surface area contributed by atoms with Crippen molar-refractivity contribution in [1.82, 2.24) is 4.90 Å². The van der Waals surface area contributed by atoms with E-state index in [0.717, 1.165) is 12.0 Å². The molecule has 2 N–H and O–H groups in total. The third-order valence-corrected chi connectivity index (χ3v) is 3.88. The second kappa shape index (κ2) is 5.77. The molecule has 0 spiro atoms. The van der Waals surface area contributed by atoms with E-state index in [9.17, 15) is 10.2 Å². The Labute approximate surface area is 122 Å². The lowest BCUT2D eigenvalue weighted by molar-refractivity contribution is 0.0572. The molecule has 1 aromatic carbocycles. The molecule has 2 unspecified atom stereocenters. The number of rotatable bonds is 2. The molecule has 2 aliphatic rings. The van der Waals surface area contributed by atoms with Gasteiger partial charge in [-0.05, 0) is 17.7 Å². The van der Waals surface area contributed by atoms with Crippen LogP contribution in [0.15, 0.2) is 12.1 Å². The summed E-state index contributed by atoms with van der Waals surface area (Å²) in [7, 11) is 0. The molecular formula is C14H18ClNO4. The minimum atomic E-state index is -0.675. The summed E-state index contributed by atoms with van der Waals surface area (Å²) in [5.41, 5.74) is 0.987. The fraction of sp³-hybridized carbons (Fsp3) is 0.571. The minimum Gasteiger partial charge on any atom is -0.489 e. The Bertz CT molecular complexity index is 486. The van der Waals surface area contributed by atoms with E-state index in [1.165, 1.54) is 0 Å². The van der Waals surface area contributed by atoms with E-state index in [2.05, 4.69) is 0 Å². The highest BCUT2D eigenvalue weighted by molar-refractivity contribution is 6.32. The number of hydrogen-bond donors (Lipinski definition) is 2. The molecule has 0 bridgehead atoms. The second-order valence-electron chi connectivity index (χ2n) is 5.28. The molecule has 2 atom stereocenters. The van der Waals surface area contributed by atoms with Gasteiger partial charge >= 0.3 is 0 Å². The van der Waals surface area contributed by atoms with Gasteiger partial charge in [-0.2, -0.15) is 0 Å².